The van der Waals surface area contributed by atoms with Gasteiger partial charge in [0.2, 0.25) is 5.91 Å². The van der Waals surface area contributed by atoms with E-state index in [0.29, 0.717) is 21.8 Å². The summed E-state index contributed by atoms with van der Waals surface area (Å²) in [4.78, 5) is 12.6. The Labute approximate surface area is 195 Å². The van der Waals surface area contributed by atoms with Crippen molar-refractivity contribution in [1.29, 1.82) is 0 Å². The maximum Gasteiger partial charge on any atom is 0.234 e. The molecule has 3 aromatic carbocycles. The second kappa shape index (κ2) is 10.3. The van der Waals surface area contributed by atoms with Gasteiger partial charge in [-0.2, -0.15) is 0 Å². The minimum Gasteiger partial charge on any atom is -0.484 e. The predicted molar refractivity (Wildman–Crippen MR) is 128 cm³/mol. The first kappa shape index (κ1) is 21.9. The molecular formula is C24H21ClN4O2S. The molecule has 32 heavy (non-hydrogen) atoms. The molecule has 0 spiro atoms. The number of carbonyl (C=O) groups excluding carboxylic acids is 1. The van der Waals surface area contributed by atoms with Crippen LogP contribution in [-0.2, 0) is 18.4 Å². The van der Waals surface area contributed by atoms with Gasteiger partial charge in [-0.15, -0.1) is 10.2 Å². The molecule has 1 aromatic heterocycles. The fourth-order valence-corrected chi connectivity index (χ4v) is 4.00. The maximum atomic E-state index is 12.6. The van der Waals surface area contributed by atoms with E-state index in [9.17, 15) is 4.79 Å². The largest absolute Gasteiger partial charge is 0.484 e. The van der Waals surface area contributed by atoms with Gasteiger partial charge in [-0.1, -0.05) is 84.0 Å². The molecule has 4 rings (SSSR count). The number of amides is 1. The Morgan fingerprint density at radius 2 is 1.72 bits per heavy atom. The summed E-state index contributed by atoms with van der Waals surface area (Å²) in [5.41, 5.74) is 2.80. The highest BCUT2D eigenvalue weighted by Gasteiger charge is 2.14. The number of nitrogens with zero attached hydrogens (tertiary/aromatic N) is 3. The third-order valence-corrected chi connectivity index (χ3v) is 6.07. The molecule has 0 bridgehead atoms. The zero-order valence-electron chi connectivity index (χ0n) is 17.4. The zero-order valence-corrected chi connectivity index (χ0v) is 18.9. The Morgan fingerprint density at radius 1 is 1.00 bits per heavy atom. The van der Waals surface area contributed by atoms with Crippen LogP contribution in [0.15, 0.2) is 84.0 Å². The van der Waals surface area contributed by atoms with E-state index in [1.54, 1.807) is 12.1 Å². The molecule has 4 aromatic rings. The Kier molecular flexibility index (Phi) is 7.09. The molecule has 1 heterocycles. The number of hydrogen-bond acceptors (Lipinski definition) is 5. The maximum absolute atomic E-state index is 12.6. The van der Waals surface area contributed by atoms with Crippen LogP contribution in [0, 0.1) is 0 Å². The van der Waals surface area contributed by atoms with Gasteiger partial charge in [-0.3, -0.25) is 4.79 Å². The Morgan fingerprint density at radius 3 is 2.53 bits per heavy atom. The minimum absolute atomic E-state index is 0.116. The van der Waals surface area contributed by atoms with Crippen LogP contribution in [-0.4, -0.2) is 26.4 Å². The van der Waals surface area contributed by atoms with Gasteiger partial charge in [0.15, 0.2) is 11.0 Å². The summed E-state index contributed by atoms with van der Waals surface area (Å²) in [6, 6.07) is 25.0. The number of nitrogens with one attached hydrogen (secondary N) is 1. The molecule has 0 unspecified atom stereocenters. The second-order valence-corrected chi connectivity index (χ2v) is 8.28. The molecule has 6 nitrogen and oxygen atoms in total. The van der Waals surface area contributed by atoms with Crippen LogP contribution in [0.5, 0.6) is 5.75 Å². The van der Waals surface area contributed by atoms with Crippen LogP contribution in [0.1, 0.15) is 5.82 Å². The van der Waals surface area contributed by atoms with Crippen LogP contribution >= 0.6 is 23.4 Å². The third-order valence-electron chi connectivity index (χ3n) is 4.74. The van der Waals surface area contributed by atoms with Crippen molar-refractivity contribution in [2.45, 2.75) is 11.8 Å². The number of benzene rings is 3. The topological polar surface area (TPSA) is 69.0 Å². The van der Waals surface area contributed by atoms with Gasteiger partial charge in [-0.25, -0.2) is 0 Å². The summed E-state index contributed by atoms with van der Waals surface area (Å²) in [7, 11) is 1.84. The average molecular weight is 465 g/mol. The summed E-state index contributed by atoms with van der Waals surface area (Å²) in [5, 5.41) is 12.5. The molecule has 0 saturated carbocycles. The Balaban J connectivity index is 1.36. The fourth-order valence-electron chi connectivity index (χ4n) is 3.08. The summed E-state index contributed by atoms with van der Waals surface area (Å²) in [5.74, 6) is 1.32. The first-order valence-electron chi connectivity index (χ1n) is 9.94. The van der Waals surface area contributed by atoms with E-state index in [2.05, 4.69) is 15.5 Å². The van der Waals surface area contributed by atoms with E-state index >= 15 is 0 Å². The fraction of sp³-hybridized carbons (Fsp3) is 0.125. The van der Waals surface area contributed by atoms with Gasteiger partial charge in [0.25, 0.3) is 0 Å². The van der Waals surface area contributed by atoms with Crippen LogP contribution in [0.2, 0.25) is 5.02 Å². The number of para-hydroxylation sites is 2. The van der Waals surface area contributed by atoms with Gasteiger partial charge < -0.3 is 14.6 Å². The first-order chi connectivity index (χ1) is 15.6. The highest BCUT2D eigenvalue weighted by molar-refractivity contribution is 7.99. The summed E-state index contributed by atoms with van der Waals surface area (Å²) in [6.45, 7) is 0.227. The van der Waals surface area contributed by atoms with Crippen LogP contribution in [0.4, 0.5) is 5.69 Å². The van der Waals surface area contributed by atoms with Gasteiger partial charge in [0.1, 0.15) is 12.4 Å². The molecule has 162 valence electrons. The summed E-state index contributed by atoms with van der Waals surface area (Å²) >= 11 is 7.44. The number of anilines is 1. The van der Waals surface area contributed by atoms with Crippen molar-refractivity contribution in [1.82, 2.24) is 14.8 Å². The van der Waals surface area contributed by atoms with Crippen molar-refractivity contribution in [3.8, 4) is 16.9 Å². The minimum atomic E-state index is -0.116. The normalized spacial score (nSPS) is 10.7. The molecule has 0 aliphatic heterocycles. The lowest BCUT2D eigenvalue weighted by molar-refractivity contribution is -0.113. The smallest absolute Gasteiger partial charge is 0.234 e. The van der Waals surface area contributed by atoms with Crippen LogP contribution in [0.3, 0.4) is 0 Å². The summed E-state index contributed by atoms with van der Waals surface area (Å²) < 4.78 is 7.55. The van der Waals surface area contributed by atoms with E-state index in [1.165, 1.54) is 11.8 Å². The van der Waals surface area contributed by atoms with E-state index < -0.39 is 0 Å². The SMILES string of the molecule is Cn1c(COc2ccccc2Cl)nnc1SCC(=O)Nc1ccccc1-c1ccccc1. The second-order valence-electron chi connectivity index (χ2n) is 6.93. The van der Waals surface area contributed by atoms with Crippen molar-refractivity contribution in [2.24, 2.45) is 7.05 Å². The lowest BCUT2D eigenvalue weighted by Gasteiger charge is -2.11. The number of ether oxygens (including phenoxy) is 1. The number of rotatable bonds is 8. The van der Waals surface area contributed by atoms with Crippen LogP contribution in [0.25, 0.3) is 11.1 Å². The van der Waals surface area contributed by atoms with E-state index in [-0.39, 0.29) is 18.3 Å². The van der Waals surface area contributed by atoms with Crippen molar-refractivity contribution in [2.75, 3.05) is 11.1 Å². The number of halogens is 1. The molecule has 0 atom stereocenters. The van der Waals surface area contributed by atoms with E-state index in [1.807, 2.05) is 78.3 Å². The molecular weight excluding hydrogens is 444 g/mol. The molecule has 0 radical (unpaired) electrons. The van der Waals surface area contributed by atoms with E-state index in [0.717, 1.165) is 16.8 Å². The van der Waals surface area contributed by atoms with Gasteiger partial charge in [0.05, 0.1) is 10.8 Å². The number of carbonyl (C=O) groups is 1. The lowest BCUT2D eigenvalue weighted by atomic mass is 10.0. The zero-order chi connectivity index (χ0) is 22.3. The molecule has 0 saturated heterocycles. The molecule has 1 amide bonds. The standard InChI is InChI=1S/C24H21ClN4O2S/c1-29-22(15-31-21-14-8-6-12-19(21)25)27-28-24(29)32-16-23(30)26-20-13-7-5-11-18(20)17-9-3-2-4-10-17/h2-14H,15-16H2,1H3,(H,26,30). The number of hydrogen-bond donors (Lipinski definition) is 1. The van der Waals surface area contributed by atoms with Crippen LogP contribution < -0.4 is 10.1 Å². The van der Waals surface area contributed by atoms with Gasteiger partial charge >= 0.3 is 0 Å². The monoisotopic (exact) mass is 464 g/mol. The molecule has 0 fully saturated rings. The predicted octanol–water partition coefficient (Wildman–Crippen LogP) is 5.45. The van der Waals surface area contributed by atoms with Crippen molar-refractivity contribution in [3.63, 3.8) is 0 Å². The number of aromatic nitrogens is 3. The van der Waals surface area contributed by atoms with Crippen molar-refractivity contribution < 1.29 is 9.53 Å². The molecule has 8 heteroatoms. The van der Waals surface area contributed by atoms with Crippen molar-refractivity contribution >= 4 is 35.0 Å². The number of thioether (sulfide) groups is 1. The molecule has 1 N–H and O–H groups in total. The quantitative estimate of drug-likeness (QED) is 0.351. The Hall–Kier alpha value is -3.29. The van der Waals surface area contributed by atoms with Crippen molar-refractivity contribution in [3.05, 3.63) is 89.7 Å². The molecule has 0 aliphatic rings. The first-order valence-corrected chi connectivity index (χ1v) is 11.3. The molecule has 0 aliphatic carbocycles. The highest BCUT2D eigenvalue weighted by atomic mass is 35.5. The average Bonchev–Trinajstić information content (AvgIpc) is 3.17. The summed E-state index contributed by atoms with van der Waals surface area (Å²) in [6.07, 6.45) is 0. The highest BCUT2D eigenvalue weighted by Crippen LogP contribution is 2.28. The lowest BCUT2D eigenvalue weighted by Crippen LogP contribution is -2.15. The van der Waals surface area contributed by atoms with E-state index in [4.69, 9.17) is 16.3 Å². The third kappa shape index (κ3) is 5.30. The van der Waals surface area contributed by atoms with Gasteiger partial charge in [0, 0.05) is 18.3 Å². The Bertz CT molecular complexity index is 1210. The van der Waals surface area contributed by atoms with Gasteiger partial charge in [-0.05, 0) is 23.8 Å².